The van der Waals surface area contributed by atoms with Crippen molar-refractivity contribution in [3.63, 3.8) is 0 Å². The van der Waals surface area contributed by atoms with Gasteiger partial charge in [-0.05, 0) is 36.8 Å². The SMILES string of the molecule is Cc1ccc(NC(=O)CN2CCN(Cc3cccc(Cl)c3)CC2)cc1. The third kappa shape index (κ3) is 5.56. The number of carbonyl (C=O) groups is 1. The van der Waals surface area contributed by atoms with E-state index >= 15 is 0 Å². The molecule has 1 N–H and O–H groups in total. The number of hydrogen-bond acceptors (Lipinski definition) is 3. The van der Waals surface area contributed by atoms with Crippen molar-refractivity contribution in [1.29, 1.82) is 0 Å². The molecule has 0 atom stereocenters. The summed E-state index contributed by atoms with van der Waals surface area (Å²) in [4.78, 5) is 16.8. The first kappa shape index (κ1) is 17.9. The van der Waals surface area contributed by atoms with Crippen molar-refractivity contribution in [3.8, 4) is 0 Å². The van der Waals surface area contributed by atoms with Gasteiger partial charge < -0.3 is 5.32 Å². The van der Waals surface area contributed by atoms with E-state index in [4.69, 9.17) is 11.6 Å². The second-order valence-electron chi connectivity index (χ2n) is 6.60. The van der Waals surface area contributed by atoms with Crippen LogP contribution >= 0.6 is 11.6 Å². The molecule has 3 rings (SSSR count). The Morgan fingerprint density at radius 1 is 1.04 bits per heavy atom. The highest BCUT2D eigenvalue weighted by molar-refractivity contribution is 6.30. The maximum Gasteiger partial charge on any atom is 0.238 e. The zero-order chi connectivity index (χ0) is 17.6. The molecule has 4 nitrogen and oxygen atoms in total. The molecular formula is C20H24ClN3O. The van der Waals surface area contributed by atoms with E-state index in [1.807, 2.05) is 49.4 Å². The minimum atomic E-state index is 0.0483. The monoisotopic (exact) mass is 357 g/mol. The fraction of sp³-hybridized carbons (Fsp3) is 0.350. The molecule has 0 radical (unpaired) electrons. The van der Waals surface area contributed by atoms with Crippen molar-refractivity contribution in [1.82, 2.24) is 9.80 Å². The van der Waals surface area contributed by atoms with Gasteiger partial charge in [0.15, 0.2) is 0 Å². The summed E-state index contributed by atoms with van der Waals surface area (Å²) in [7, 11) is 0. The minimum absolute atomic E-state index is 0.0483. The number of halogens is 1. The van der Waals surface area contributed by atoms with E-state index in [-0.39, 0.29) is 5.91 Å². The molecule has 1 saturated heterocycles. The molecule has 5 heteroatoms. The summed E-state index contributed by atoms with van der Waals surface area (Å²) < 4.78 is 0. The second-order valence-corrected chi connectivity index (χ2v) is 7.03. The molecule has 0 aliphatic carbocycles. The van der Waals surface area contributed by atoms with E-state index in [0.29, 0.717) is 6.54 Å². The molecule has 1 amide bonds. The average molecular weight is 358 g/mol. The summed E-state index contributed by atoms with van der Waals surface area (Å²) in [5.41, 5.74) is 3.28. The van der Waals surface area contributed by atoms with Gasteiger partial charge >= 0.3 is 0 Å². The number of amides is 1. The lowest BCUT2D eigenvalue weighted by atomic mass is 10.2. The average Bonchev–Trinajstić information content (AvgIpc) is 2.59. The lowest BCUT2D eigenvalue weighted by Gasteiger charge is -2.34. The molecule has 25 heavy (non-hydrogen) atoms. The van der Waals surface area contributed by atoms with Gasteiger partial charge in [0, 0.05) is 43.4 Å². The van der Waals surface area contributed by atoms with Crippen LogP contribution in [-0.2, 0) is 11.3 Å². The van der Waals surface area contributed by atoms with Crippen molar-refractivity contribution < 1.29 is 4.79 Å². The number of aryl methyl sites for hydroxylation is 1. The second kappa shape index (κ2) is 8.48. The number of rotatable bonds is 5. The zero-order valence-corrected chi connectivity index (χ0v) is 15.3. The number of carbonyl (C=O) groups excluding carboxylic acids is 1. The van der Waals surface area contributed by atoms with Gasteiger partial charge in [-0.25, -0.2) is 0 Å². The van der Waals surface area contributed by atoms with Crippen LogP contribution in [0.15, 0.2) is 48.5 Å². The largest absolute Gasteiger partial charge is 0.325 e. The van der Waals surface area contributed by atoms with E-state index in [1.54, 1.807) is 0 Å². The molecule has 2 aromatic rings. The van der Waals surface area contributed by atoms with Gasteiger partial charge in [0.05, 0.1) is 6.54 Å². The summed E-state index contributed by atoms with van der Waals surface area (Å²) in [6.07, 6.45) is 0. The number of hydrogen-bond donors (Lipinski definition) is 1. The van der Waals surface area contributed by atoms with Crippen molar-refractivity contribution in [2.75, 3.05) is 38.0 Å². The molecule has 0 saturated carbocycles. The third-order valence-electron chi connectivity index (χ3n) is 4.46. The van der Waals surface area contributed by atoms with Crippen LogP contribution in [0.25, 0.3) is 0 Å². The fourth-order valence-corrected chi connectivity index (χ4v) is 3.25. The molecule has 1 aliphatic rings. The van der Waals surface area contributed by atoms with Gasteiger partial charge in [0.25, 0.3) is 0 Å². The van der Waals surface area contributed by atoms with Gasteiger partial charge in [-0.2, -0.15) is 0 Å². The first-order valence-electron chi connectivity index (χ1n) is 8.64. The highest BCUT2D eigenvalue weighted by atomic mass is 35.5. The van der Waals surface area contributed by atoms with Crippen molar-refractivity contribution >= 4 is 23.2 Å². The van der Waals surface area contributed by atoms with Gasteiger partial charge in [-0.3, -0.25) is 14.6 Å². The standard InChI is InChI=1S/C20H24ClN3O/c1-16-5-7-19(8-6-16)22-20(25)15-24-11-9-23(10-12-24)14-17-3-2-4-18(21)13-17/h2-8,13H,9-12,14-15H2,1H3,(H,22,25). The predicted octanol–water partition coefficient (Wildman–Crippen LogP) is 3.40. The Morgan fingerprint density at radius 2 is 1.72 bits per heavy atom. The summed E-state index contributed by atoms with van der Waals surface area (Å²) in [6.45, 7) is 7.12. The number of anilines is 1. The van der Waals surface area contributed by atoms with Crippen LogP contribution in [0.2, 0.25) is 5.02 Å². The van der Waals surface area contributed by atoms with Gasteiger partial charge in [-0.1, -0.05) is 41.4 Å². The summed E-state index contributed by atoms with van der Waals surface area (Å²) in [6, 6.07) is 15.9. The molecule has 1 aliphatic heterocycles. The van der Waals surface area contributed by atoms with Gasteiger partial charge in [0.2, 0.25) is 5.91 Å². The highest BCUT2D eigenvalue weighted by Crippen LogP contribution is 2.14. The normalized spacial score (nSPS) is 15.9. The van der Waals surface area contributed by atoms with E-state index in [0.717, 1.165) is 43.4 Å². The van der Waals surface area contributed by atoms with Crippen LogP contribution in [-0.4, -0.2) is 48.4 Å². The lowest BCUT2D eigenvalue weighted by molar-refractivity contribution is -0.117. The lowest BCUT2D eigenvalue weighted by Crippen LogP contribution is -2.48. The van der Waals surface area contributed by atoms with Crippen LogP contribution < -0.4 is 5.32 Å². The van der Waals surface area contributed by atoms with Crippen molar-refractivity contribution in [3.05, 3.63) is 64.7 Å². The van der Waals surface area contributed by atoms with Crippen LogP contribution in [0.5, 0.6) is 0 Å². The third-order valence-corrected chi connectivity index (χ3v) is 4.70. The maximum absolute atomic E-state index is 12.2. The molecule has 1 heterocycles. The highest BCUT2D eigenvalue weighted by Gasteiger charge is 2.19. The zero-order valence-electron chi connectivity index (χ0n) is 14.5. The Labute approximate surface area is 154 Å². The van der Waals surface area contributed by atoms with E-state index < -0.39 is 0 Å². The Kier molecular flexibility index (Phi) is 6.08. The van der Waals surface area contributed by atoms with Crippen molar-refractivity contribution in [2.45, 2.75) is 13.5 Å². The Bertz CT molecular complexity index is 709. The van der Waals surface area contributed by atoms with Gasteiger partial charge in [-0.15, -0.1) is 0 Å². The molecule has 132 valence electrons. The maximum atomic E-state index is 12.2. The first-order valence-corrected chi connectivity index (χ1v) is 9.02. The molecule has 2 aromatic carbocycles. The number of benzene rings is 2. The first-order chi connectivity index (χ1) is 12.1. The van der Waals surface area contributed by atoms with E-state index in [1.165, 1.54) is 11.1 Å². The van der Waals surface area contributed by atoms with Crippen LogP contribution in [0, 0.1) is 6.92 Å². The summed E-state index contributed by atoms with van der Waals surface area (Å²) in [5.74, 6) is 0.0483. The summed E-state index contributed by atoms with van der Waals surface area (Å²) in [5, 5.41) is 3.75. The molecule has 0 bridgehead atoms. The molecule has 1 fully saturated rings. The Balaban J connectivity index is 1.42. The van der Waals surface area contributed by atoms with Crippen LogP contribution in [0.4, 0.5) is 5.69 Å². The van der Waals surface area contributed by atoms with E-state index in [2.05, 4.69) is 21.2 Å². The molecule has 0 aromatic heterocycles. The minimum Gasteiger partial charge on any atom is -0.325 e. The van der Waals surface area contributed by atoms with Crippen LogP contribution in [0.1, 0.15) is 11.1 Å². The number of nitrogens with one attached hydrogen (secondary N) is 1. The molecular weight excluding hydrogens is 334 g/mol. The summed E-state index contributed by atoms with van der Waals surface area (Å²) >= 11 is 6.05. The van der Waals surface area contributed by atoms with E-state index in [9.17, 15) is 4.79 Å². The topological polar surface area (TPSA) is 35.6 Å². The fourth-order valence-electron chi connectivity index (χ4n) is 3.04. The smallest absolute Gasteiger partial charge is 0.238 e. The van der Waals surface area contributed by atoms with Gasteiger partial charge in [0.1, 0.15) is 0 Å². The Hall–Kier alpha value is -1.88. The van der Waals surface area contributed by atoms with Crippen molar-refractivity contribution in [2.24, 2.45) is 0 Å². The number of nitrogens with zero attached hydrogens (tertiary/aromatic N) is 2. The Morgan fingerprint density at radius 3 is 2.40 bits per heavy atom. The van der Waals surface area contributed by atoms with Crippen LogP contribution in [0.3, 0.4) is 0 Å². The quantitative estimate of drug-likeness (QED) is 0.890. The number of piperazine rings is 1. The predicted molar refractivity (Wildman–Crippen MR) is 103 cm³/mol. The molecule has 0 spiro atoms. The molecule has 0 unspecified atom stereocenters.